The van der Waals surface area contributed by atoms with E-state index >= 15 is 0 Å². The topological polar surface area (TPSA) is 75.9 Å². The molecule has 2 aromatic carbocycles. The lowest BCUT2D eigenvalue weighted by Gasteiger charge is -2.27. The van der Waals surface area contributed by atoms with E-state index < -0.39 is 0 Å². The summed E-state index contributed by atoms with van der Waals surface area (Å²) in [5.74, 6) is -0.239. The van der Waals surface area contributed by atoms with Crippen molar-refractivity contribution in [1.29, 1.82) is 0 Å². The average molecular weight is 429 g/mol. The third-order valence-corrected chi connectivity index (χ3v) is 5.84. The van der Waals surface area contributed by atoms with Crippen molar-refractivity contribution in [3.8, 4) is 0 Å². The lowest BCUT2D eigenvalue weighted by atomic mass is 9.88. The number of nitro groups is 1. The normalized spacial score (nSPS) is 18.8. The van der Waals surface area contributed by atoms with Gasteiger partial charge in [-0.2, -0.15) is 0 Å². The maximum absolute atomic E-state index is 13.9. The van der Waals surface area contributed by atoms with Crippen LogP contribution in [-0.4, -0.2) is 60.5 Å². The molecule has 1 fully saturated rings. The molecule has 8 heteroatoms. The minimum Gasteiger partial charge on any atom is -0.383 e. The van der Waals surface area contributed by atoms with Crippen LogP contribution in [-0.2, 0) is 16.1 Å². The number of carbonyl (C=O) groups excluding carboxylic acids is 1. The van der Waals surface area contributed by atoms with Crippen LogP contribution in [0.3, 0.4) is 0 Å². The Bertz CT molecular complexity index is 923. The molecule has 1 heterocycles. The van der Waals surface area contributed by atoms with Crippen LogP contribution in [0.5, 0.6) is 0 Å². The Kier molecular flexibility index (Phi) is 7.70. The number of para-hydroxylation sites is 1. The van der Waals surface area contributed by atoms with Crippen molar-refractivity contribution in [3.63, 3.8) is 0 Å². The van der Waals surface area contributed by atoms with Gasteiger partial charge in [0.2, 0.25) is 5.91 Å². The van der Waals surface area contributed by atoms with E-state index in [1.807, 2.05) is 6.07 Å². The van der Waals surface area contributed by atoms with Gasteiger partial charge >= 0.3 is 0 Å². The van der Waals surface area contributed by atoms with E-state index in [9.17, 15) is 19.3 Å². The second kappa shape index (κ2) is 10.5. The number of halogens is 1. The minimum atomic E-state index is -0.366. The van der Waals surface area contributed by atoms with Crippen molar-refractivity contribution in [1.82, 2.24) is 9.80 Å². The Morgan fingerprint density at radius 1 is 1.26 bits per heavy atom. The maximum Gasteiger partial charge on any atom is 0.273 e. The Morgan fingerprint density at radius 3 is 2.71 bits per heavy atom. The molecule has 0 spiro atoms. The highest BCUT2D eigenvalue weighted by Crippen LogP contribution is 2.35. The van der Waals surface area contributed by atoms with Crippen molar-refractivity contribution in [2.75, 3.05) is 39.9 Å². The summed E-state index contributed by atoms with van der Waals surface area (Å²) < 4.78 is 19.1. The molecule has 166 valence electrons. The summed E-state index contributed by atoms with van der Waals surface area (Å²) >= 11 is 0. The smallest absolute Gasteiger partial charge is 0.273 e. The third kappa shape index (κ3) is 5.86. The molecule has 2 aromatic rings. The van der Waals surface area contributed by atoms with E-state index in [0.29, 0.717) is 44.9 Å². The molecule has 1 saturated heterocycles. The fourth-order valence-electron chi connectivity index (χ4n) is 4.31. The monoisotopic (exact) mass is 429 g/mol. The molecule has 1 aliphatic heterocycles. The second-order valence-corrected chi connectivity index (χ2v) is 7.96. The number of nitro benzene ring substituents is 1. The van der Waals surface area contributed by atoms with Gasteiger partial charge in [-0.3, -0.25) is 19.8 Å². The molecular weight excluding hydrogens is 401 g/mol. The van der Waals surface area contributed by atoms with Crippen LogP contribution in [0.25, 0.3) is 0 Å². The van der Waals surface area contributed by atoms with Crippen molar-refractivity contribution in [2.24, 2.45) is 5.92 Å². The summed E-state index contributed by atoms with van der Waals surface area (Å²) in [5, 5.41) is 11.4. The fourth-order valence-corrected chi connectivity index (χ4v) is 4.31. The second-order valence-electron chi connectivity index (χ2n) is 7.96. The zero-order chi connectivity index (χ0) is 22.4. The van der Waals surface area contributed by atoms with Crippen LogP contribution in [0.2, 0.25) is 0 Å². The highest BCUT2D eigenvalue weighted by molar-refractivity contribution is 5.73. The number of carbonyl (C=O) groups is 1. The van der Waals surface area contributed by atoms with E-state index in [4.69, 9.17) is 4.74 Å². The van der Waals surface area contributed by atoms with Crippen LogP contribution >= 0.6 is 0 Å². The van der Waals surface area contributed by atoms with E-state index in [1.165, 1.54) is 19.1 Å². The van der Waals surface area contributed by atoms with Crippen LogP contribution in [0.1, 0.15) is 24.0 Å². The summed E-state index contributed by atoms with van der Waals surface area (Å²) in [4.78, 5) is 27.1. The van der Waals surface area contributed by atoms with Gasteiger partial charge in [-0.1, -0.05) is 30.3 Å². The number of nitrogens with zero attached hydrogens (tertiary/aromatic N) is 3. The third-order valence-electron chi connectivity index (χ3n) is 5.84. The molecule has 1 amide bonds. The van der Waals surface area contributed by atoms with Crippen LogP contribution in [0.4, 0.5) is 10.1 Å². The molecular formula is C23H28FN3O4. The van der Waals surface area contributed by atoms with Gasteiger partial charge in [0.25, 0.3) is 5.69 Å². The number of ether oxygens (including phenoxy) is 1. The largest absolute Gasteiger partial charge is 0.383 e. The van der Waals surface area contributed by atoms with Gasteiger partial charge in [0.1, 0.15) is 5.82 Å². The van der Waals surface area contributed by atoms with Crippen molar-refractivity contribution in [3.05, 3.63) is 75.6 Å². The highest BCUT2D eigenvalue weighted by Gasteiger charge is 2.36. The maximum atomic E-state index is 13.9. The van der Waals surface area contributed by atoms with E-state index in [0.717, 1.165) is 5.56 Å². The molecule has 0 aromatic heterocycles. The molecule has 0 bridgehead atoms. The molecule has 3 rings (SSSR count). The van der Waals surface area contributed by atoms with Gasteiger partial charge in [-0.15, -0.1) is 0 Å². The zero-order valence-electron chi connectivity index (χ0n) is 17.9. The van der Waals surface area contributed by atoms with Gasteiger partial charge in [0.05, 0.1) is 11.5 Å². The molecule has 1 aliphatic rings. The molecule has 0 aliphatic carbocycles. The summed E-state index contributed by atoms with van der Waals surface area (Å²) in [5.41, 5.74) is 1.62. The lowest BCUT2D eigenvalue weighted by Crippen LogP contribution is -2.38. The van der Waals surface area contributed by atoms with Gasteiger partial charge in [-0.25, -0.2) is 4.39 Å². The summed E-state index contributed by atoms with van der Waals surface area (Å²) in [7, 11) is 1.60. The van der Waals surface area contributed by atoms with Crippen LogP contribution in [0.15, 0.2) is 48.5 Å². The number of hydrogen-bond donors (Lipinski definition) is 0. The Labute approximate surface area is 181 Å². The molecule has 0 N–H and O–H groups in total. The lowest BCUT2D eigenvalue weighted by molar-refractivity contribution is -0.385. The number of rotatable bonds is 9. The first-order valence-electron chi connectivity index (χ1n) is 10.3. The SMILES string of the molecule is COCCN(CC1CN(Cc2ccccc2[N+](=O)[O-])CC1c1cccc(F)c1)C(C)=O. The Balaban J connectivity index is 1.83. The molecule has 0 radical (unpaired) electrons. The van der Waals surface area contributed by atoms with Crippen molar-refractivity contribution < 1.29 is 18.8 Å². The Morgan fingerprint density at radius 2 is 2.03 bits per heavy atom. The summed E-state index contributed by atoms with van der Waals surface area (Å²) in [6, 6.07) is 13.3. The first kappa shape index (κ1) is 22.8. The van der Waals surface area contributed by atoms with Gasteiger partial charge in [0, 0.05) is 64.3 Å². The standard InChI is InChI=1S/C23H28FN3O4/c1-17(28)26(10-11-31-2)15-20-14-25(13-19-6-3-4-9-23(19)27(29)30)16-22(20)18-7-5-8-21(24)12-18/h3-9,12,20,22H,10-11,13-16H2,1-2H3. The van der Waals surface area contributed by atoms with Gasteiger partial charge in [-0.05, 0) is 23.6 Å². The first-order chi connectivity index (χ1) is 14.9. The van der Waals surface area contributed by atoms with E-state index in [1.54, 1.807) is 42.3 Å². The predicted molar refractivity (Wildman–Crippen MR) is 115 cm³/mol. The van der Waals surface area contributed by atoms with Crippen LogP contribution < -0.4 is 0 Å². The fraction of sp³-hybridized carbons (Fsp3) is 0.435. The van der Waals surface area contributed by atoms with Crippen molar-refractivity contribution in [2.45, 2.75) is 19.4 Å². The summed E-state index contributed by atoms with van der Waals surface area (Å²) in [6.07, 6.45) is 0. The quantitative estimate of drug-likeness (QED) is 0.451. The number of methoxy groups -OCH3 is 1. The predicted octanol–water partition coefficient (Wildman–Crippen LogP) is 3.44. The molecule has 2 unspecified atom stereocenters. The van der Waals surface area contributed by atoms with E-state index in [2.05, 4.69) is 4.90 Å². The number of hydrogen-bond acceptors (Lipinski definition) is 5. The molecule has 0 saturated carbocycles. The van der Waals surface area contributed by atoms with Crippen LogP contribution in [0, 0.1) is 21.8 Å². The Hall–Kier alpha value is -2.84. The van der Waals surface area contributed by atoms with E-state index in [-0.39, 0.29) is 34.2 Å². The van der Waals surface area contributed by atoms with Gasteiger partial charge < -0.3 is 9.64 Å². The molecule has 7 nitrogen and oxygen atoms in total. The molecule has 31 heavy (non-hydrogen) atoms. The average Bonchev–Trinajstić information content (AvgIpc) is 3.13. The van der Waals surface area contributed by atoms with Crippen molar-refractivity contribution >= 4 is 11.6 Å². The molecule has 2 atom stereocenters. The minimum absolute atomic E-state index is 0.0165. The summed E-state index contributed by atoms with van der Waals surface area (Å²) in [6.45, 7) is 4.71. The zero-order valence-corrected chi connectivity index (χ0v) is 17.9. The number of likely N-dealkylation sites (tertiary alicyclic amines) is 1. The first-order valence-corrected chi connectivity index (χ1v) is 10.3. The highest BCUT2D eigenvalue weighted by atomic mass is 19.1. The number of amides is 1. The number of benzene rings is 2. The van der Waals surface area contributed by atoms with Gasteiger partial charge in [0.15, 0.2) is 0 Å².